The topological polar surface area (TPSA) is 105 Å². The van der Waals surface area contributed by atoms with E-state index in [0.717, 1.165) is 11.8 Å². The predicted molar refractivity (Wildman–Crippen MR) is 116 cm³/mol. The maximum absolute atomic E-state index is 13.6. The molecule has 0 saturated carbocycles. The van der Waals surface area contributed by atoms with E-state index in [1.165, 1.54) is 34.6 Å². The molecule has 31 heavy (non-hydrogen) atoms. The van der Waals surface area contributed by atoms with Crippen LogP contribution >= 0.6 is 11.8 Å². The largest absolute Gasteiger partial charge is 0.411 e. The second-order valence-corrected chi connectivity index (χ2v) is 9.17. The summed E-state index contributed by atoms with van der Waals surface area (Å²) in [5.41, 5.74) is 0.646. The lowest BCUT2D eigenvalue weighted by molar-refractivity contribution is -0.113. The van der Waals surface area contributed by atoms with Gasteiger partial charge in [0.2, 0.25) is 21.8 Å². The second kappa shape index (κ2) is 10.0. The van der Waals surface area contributed by atoms with Gasteiger partial charge >= 0.3 is 0 Å². The van der Waals surface area contributed by atoms with Crippen LogP contribution in [-0.2, 0) is 14.8 Å². The van der Waals surface area contributed by atoms with Gasteiger partial charge in [-0.25, -0.2) is 12.8 Å². The Morgan fingerprint density at radius 1 is 1.10 bits per heavy atom. The third-order valence-corrected chi connectivity index (χ3v) is 7.21. The first kappa shape index (κ1) is 22.9. The SMILES string of the molecule is CCN(CC)S(=O)(=O)c1ccc(-c2nnc(SCC(=O)Nc3ccccc3F)o2)cc1. The number of nitrogens with zero attached hydrogens (tertiary/aromatic N) is 3. The smallest absolute Gasteiger partial charge is 0.277 e. The molecule has 2 aromatic carbocycles. The van der Waals surface area contributed by atoms with Gasteiger partial charge in [-0.05, 0) is 36.4 Å². The summed E-state index contributed by atoms with van der Waals surface area (Å²) in [5, 5.41) is 10.5. The Kier molecular flexibility index (Phi) is 7.42. The molecule has 0 bridgehead atoms. The summed E-state index contributed by atoms with van der Waals surface area (Å²) < 4.78 is 45.6. The zero-order valence-electron chi connectivity index (χ0n) is 16.9. The van der Waals surface area contributed by atoms with Crippen molar-refractivity contribution in [2.24, 2.45) is 0 Å². The summed E-state index contributed by atoms with van der Waals surface area (Å²) >= 11 is 1.01. The highest BCUT2D eigenvalue weighted by Crippen LogP contribution is 2.25. The summed E-state index contributed by atoms with van der Waals surface area (Å²) in [6.45, 7) is 4.33. The van der Waals surface area contributed by atoms with E-state index in [9.17, 15) is 17.6 Å². The fourth-order valence-corrected chi connectivity index (χ4v) is 4.76. The number of carbonyl (C=O) groups excluding carboxylic acids is 1. The normalized spacial score (nSPS) is 11.6. The van der Waals surface area contributed by atoms with Gasteiger partial charge in [-0.2, -0.15) is 4.31 Å². The first-order valence-electron chi connectivity index (χ1n) is 9.46. The van der Waals surface area contributed by atoms with E-state index < -0.39 is 21.7 Å². The lowest BCUT2D eigenvalue weighted by Gasteiger charge is -2.18. The van der Waals surface area contributed by atoms with Gasteiger partial charge in [-0.3, -0.25) is 4.79 Å². The van der Waals surface area contributed by atoms with E-state index in [4.69, 9.17) is 4.42 Å². The van der Waals surface area contributed by atoms with Crippen LogP contribution in [0, 0.1) is 5.82 Å². The molecule has 0 aliphatic rings. The minimum absolute atomic E-state index is 0.0446. The highest BCUT2D eigenvalue weighted by atomic mass is 32.2. The van der Waals surface area contributed by atoms with Crippen molar-refractivity contribution in [2.45, 2.75) is 24.0 Å². The number of halogens is 1. The van der Waals surface area contributed by atoms with Crippen molar-refractivity contribution in [3.8, 4) is 11.5 Å². The number of aromatic nitrogens is 2. The molecule has 1 N–H and O–H groups in total. The Bertz CT molecular complexity index is 1150. The number of carbonyl (C=O) groups is 1. The Morgan fingerprint density at radius 2 is 1.77 bits per heavy atom. The Morgan fingerprint density at radius 3 is 2.42 bits per heavy atom. The standard InChI is InChI=1S/C20H21FN4O4S2/c1-3-25(4-2)31(27,28)15-11-9-14(10-12-15)19-23-24-20(29-19)30-13-18(26)22-17-8-6-5-7-16(17)21/h5-12H,3-4,13H2,1-2H3,(H,22,26). The number of nitrogens with one attached hydrogen (secondary N) is 1. The summed E-state index contributed by atoms with van der Waals surface area (Å²) in [5.74, 6) is -0.784. The third kappa shape index (κ3) is 5.49. The lowest BCUT2D eigenvalue weighted by Crippen LogP contribution is -2.30. The molecule has 0 atom stereocenters. The second-order valence-electron chi connectivity index (χ2n) is 6.30. The fraction of sp³-hybridized carbons (Fsp3) is 0.250. The van der Waals surface area contributed by atoms with Crippen LogP contribution in [0.2, 0.25) is 0 Å². The zero-order chi connectivity index (χ0) is 22.4. The molecule has 0 fully saturated rings. The predicted octanol–water partition coefficient (Wildman–Crippen LogP) is 3.64. The van der Waals surface area contributed by atoms with E-state index in [1.807, 2.05) is 0 Å². The van der Waals surface area contributed by atoms with Crippen molar-refractivity contribution in [1.82, 2.24) is 14.5 Å². The number of sulfonamides is 1. The minimum Gasteiger partial charge on any atom is -0.411 e. The van der Waals surface area contributed by atoms with Crippen LogP contribution < -0.4 is 5.32 Å². The van der Waals surface area contributed by atoms with E-state index in [-0.39, 0.29) is 27.4 Å². The van der Waals surface area contributed by atoms with Crippen LogP contribution in [0.25, 0.3) is 11.5 Å². The van der Waals surface area contributed by atoms with Gasteiger partial charge < -0.3 is 9.73 Å². The number of amides is 1. The Balaban J connectivity index is 1.63. The number of hydrogen-bond donors (Lipinski definition) is 1. The van der Waals surface area contributed by atoms with Crippen molar-refractivity contribution in [3.63, 3.8) is 0 Å². The van der Waals surface area contributed by atoms with E-state index in [0.29, 0.717) is 18.7 Å². The molecule has 8 nitrogen and oxygen atoms in total. The molecule has 1 aromatic heterocycles. The molecule has 3 rings (SSSR count). The molecule has 1 amide bonds. The summed E-state index contributed by atoms with van der Waals surface area (Å²) in [6, 6.07) is 12.0. The molecular weight excluding hydrogens is 443 g/mol. The maximum atomic E-state index is 13.6. The molecule has 0 spiro atoms. The van der Waals surface area contributed by atoms with Crippen LogP contribution in [0.5, 0.6) is 0 Å². The fourth-order valence-electron chi connectivity index (χ4n) is 2.74. The van der Waals surface area contributed by atoms with Crippen LogP contribution in [0.1, 0.15) is 13.8 Å². The third-order valence-electron chi connectivity index (χ3n) is 4.33. The highest BCUT2D eigenvalue weighted by Gasteiger charge is 2.21. The van der Waals surface area contributed by atoms with E-state index in [1.54, 1.807) is 32.0 Å². The van der Waals surface area contributed by atoms with Crippen molar-refractivity contribution >= 4 is 33.4 Å². The minimum atomic E-state index is -3.55. The van der Waals surface area contributed by atoms with Gasteiger partial charge in [-0.1, -0.05) is 37.7 Å². The highest BCUT2D eigenvalue weighted by molar-refractivity contribution is 7.99. The van der Waals surface area contributed by atoms with Crippen molar-refractivity contribution in [2.75, 3.05) is 24.2 Å². The molecule has 3 aromatic rings. The average Bonchev–Trinajstić information content (AvgIpc) is 3.24. The zero-order valence-corrected chi connectivity index (χ0v) is 18.5. The van der Waals surface area contributed by atoms with Crippen molar-refractivity contribution in [1.29, 1.82) is 0 Å². The quantitative estimate of drug-likeness (QED) is 0.482. The molecule has 1 heterocycles. The monoisotopic (exact) mass is 464 g/mol. The van der Waals surface area contributed by atoms with Crippen molar-refractivity contribution < 1.29 is 22.0 Å². The number of hydrogen-bond acceptors (Lipinski definition) is 7. The molecular formula is C20H21FN4O4S2. The van der Waals surface area contributed by atoms with Gasteiger partial charge in [-0.15, -0.1) is 10.2 Å². The van der Waals surface area contributed by atoms with Crippen LogP contribution in [0.15, 0.2) is 63.1 Å². The van der Waals surface area contributed by atoms with E-state index in [2.05, 4.69) is 15.5 Å². The molecule has 164 valence electrons. The molecule has 0 saturated heterocycles. The molecule has 0 aliphatic carbocycles. The first-order chi connectivity index (χ1) is 14.8. The van der Waals surface area contributed by atoms with E-state index >= 15 is 0 Å². The van der Waals surface area contributed by atoms with Gasteiger partial charge in [0.05, 0.1) is 16.3 Å². The number of benzene rings is 2. The van der Waals surface area contributed by atoms with Crippen LogP contribution in [-0.4, -0.2) is 47.7 Å². The van der Waals surface area contributed by atoms with Gasteiger partial charge in [0, 0.05) is 18.7 Å². The Labute approximate surface area is 183 Å². The van der Waals surface area contributed by atoms with Crippen molar-refractivity contribution in [3.05, 3.63) is 54.3 Å². The molecule has 0 aliphatic heterocycles. The van der Waals surface area contributed by atoms with Gasteiger partial charge in [0.15, 0.2) is 0 Å². The average molecular weight is 465 g/mol. The van der Waals surface area contributed by atoms with Gasteiger partial charge in [0.1, 0.15) is 5.82 Å². The summed E-state index contributed by atoms with van der Waals surface area (Å²) in [7, 11) is -3.55. The molecule has 11 heteroatoms. The number of thioether (sulfide) groups is 1. The summed E-state index contributed by atoms with van der Waals surface area (Å²) in [4.78, 5) is 12.2. The molecule has 0 radical (unpaired) electrons. The summed E-state index contributed by atoms with van der Waals surface area (Å²) in [6.07, 6.45) is 0. The number of rotatable bonds is 9. The lowest BCUT2D eigenvalue weighted by atomic mass is 10.2. The number of para-hydroxylation sites is 1. The number of anilines is 1. The Hall–Kier alpha value is -2.76. The molecule has 0 unspecified atom stereocenters. The van der Waals surface area contributed by atoms with Crippen LogP contribution in [0.3, 0.4) is 0 Å². The van der Waals surface area contributed by atoms with Crippen LogP contribution in [0.4, 0.5) is 10.1 Å². The first-order valence-corrected chi connectivity index (χ1v) is 11.9. The van der Waals surface area contributed by atoms with Gasteiger partial charge in [0.25, 0.3) is 5.22 Å². The maximum Gasteiger partial charge on any atom is 0.277 e.